The van der Waals surface area contributed by atoms with Crippen LogP contribution in [-0.2, 0) is 17.8 Å². The third kappa shape index (κ3) is 4.05. The Morgan fingerprint density at radius 1 is 1.18 bits per heavy atom. The average molecular weight is 299 g/mol. The van der Waals surface area contributed by atoms with Gasteiger partial charge in [0.15, 0.2) is 0 Å². The third-order valence-corrected chi connectivity index (χ3v) is 3.22. The van der Waals surface area contributed by atoms with Crippen molar-refractivity contribution in [1.29, 1.82) is 0 Å². The zero-order valence-electron chi connectivity index (χ0n) is 12.0. The van der Waals surface area contributed by atoms with E-state index in [0.717, 1.165) is 23.3 Å². The predicted octanol–water partition coefficient (Wildman–Crippen LogP) is 1.84. The lowest BCUT2D eigenvalue weighted by Crippen LogP contribution is -2.25. The molecule has 0 heterocycles. The molecule has 0 saturated carbocycles. The maximum absolute atomic E-state index is 11.9. The van der Waals surface area contributed by atoms with Crippen molar-refractivity contribution < 1.29 is 14.8 Å². The molecule has 0 spiro atoms. The minimum Gasteiger partial charge on any atom is -0.872 e. The van der Waals surface area contributed by atoms with Crippen LogP contribution >= 0.6 is 0 Å². The first-order valence-electron chi connectivity index (χ1n) is 6.72. The Bertz CT molecular complexity index is 696. The quantitative estimate of drug-likeness (QED) is 0.673. The fourth-order valence-corrected chi connectivity index (χ4v) is 1.97. The molecule has 2 rings (SSSR count). The van der Waals surface area contributed by atoms with Gasteiger partial charge in [-0.05, 0) is 18.1 Å². The van der Waals surface area contributed by atoms with E-state index in [1.54, 1.807) is 0 Å². The summed E-state index contributed by atoms with van der Waals surface area (Å²) in [5, 5.41) is 24.9. The highest BCUT2D eigenvalue weighted by Crippen LogP contribution is 2.20. The van der Waals surface area contributed by atoms with Crippen LogP contribution in [0.5, 0.6) is 5.75 Å². The SMILES string of the molecule is Cc1ccc(CC(=O)NCc2cc([N+](=O)[O-])ccc2[O-])cc1. The lowest BCUT2D eigenvalue weighted by molar-refractivity contribution is -0.385. The van der Waals surface area contributed by atoms with E-state index in [-0.39, 0.29) is 35.9 Å². The van der Waals surface area contributed by atoms with Gasteiger partial charge in [-0.25, -0.2) is 0 Å². The summed E-state index contributed by atoms with van der Waals surface area (Å²) in [6.45, 7) is 1.94. The van der Waals surface area contributed by atoms with Crippen molar-refractivity contribution in [2.45, 2.75) is 19.9 Å². The molecule has 6 heteroatoms. The Hall–Kier alpha value is -2.89. The molecule has 0 aliphatic rings. The van der Waals surface area contributed by atoms with Crippen LogP contribution in [0.25, 0.3) is 0 Å². The fraction of sp³-hybridized carbons (Fsp3) is 0.188. The Balaban J connectivity index is 1.97. The van der Waals surface area contributed by atoms with Crippen LogP contribution in [0.15, 0.2) is 42.5 Å². The average Bonchev–Trinajstić information content (AvgIpc) is 2.48. The Morgan fingerprint density at radius 2 is 1.86 bits per heavy atom. The summed E-state index contributed by atoms with van der Waals surface area (Å²) in [6, 6.07) is 11.0. The van der Waals surface area contributed by atoms with Crippen LogP contribution in [0.2, 0.25) is 0 Å². The summed E-state index contributed by atoms with van der Waals surface area (Å²) in [5.41, 5.74) is 2.01. The number of hydrogen-bond donors (Lipinski definition) is 1. The van der Waals surface area contributed by atoms with Gasteiger partial charge in [0.05, 0.1) is 11.3 Å². The third-order valence-electron chi connectivity index (χ3n) is 3.22. The van der Waals surface area contributed by atoms with Gasteiger partial charge in [0, 0.05) is 18.7 Å². The van der Waals surface area contributed by atoms with Crippen LogP contribution < -0.4 is 10.4 Å². The summed E-state index contributed by atoms with van der Waals surface area (Å²) >= 11 is 0. The summed E-state index contributed by atoms with van der Waals surface area (Å²) in [6.07, 6.45) is 0.198. The molecule has 0 fully saturated rings. The predicted molar refractivity (Wildman–Crippen MR) is 79.3 cm³/mol. The molecule has 114 valence electrons. The summed E-state index contributed by atoms with van der Waals surface area (Å²) in [4.78, 5) is 22.0. The van der Waals surface area contributed by atoms with Crippen molar-refractivity contribution in [3.05, 3.63) is 69.3 Å². The summed E-state index contributed by atoms with van der Waals surface area (Å²) < 4.78 is 0. The molecule has 6 nitrogen and oxygen atoms in total. The van der Waals surface area contributed by atoms with Crippen molar-refractivity contribution in [2.24, 2.45) is 0 Å². The number of hydrogen-bond acceptors (Lipinski definition) is 4. The lowest BCUT2D eigenvalue weighted by Gasteiger charge is -2.13. The number of nitro benzene ring substituents is 1. The second kappa shape index (κ2) is 6.71. The maximum Gasteiger partial charge on any atom is 0.269 e. The number of amides is 1. The highest BCUT2D eigenvalue weighted by Gasteiger charge is 2.08. The smallest absolute Gasteiger partial charge is 0.269 e. The number of carbonyl (C=O) groups excluding carboxylic acids is 1. The zero-order valence-corrected chi connectivity index (χ0v) is 12.0. The van der Waals surface area contributed by atoms with Crippen LogP contribution in [0.3, 0.4) is 0 Å². The van der Waals surface area contributed by atoms with E-state index in [2.05, 4.69) is 5.32 Å². The first-order chi connectivity index (χ1) is 10.5. The van der Waals surface area contributed by atoms with Gasteiger partial charge in [-0.1, -0.05) is 35.9 Å². The maximum atomic E-state index is 11.9. The molecule has 1 N–H and O–H groups in total. The molecular weight excluding hydrogens is 284 g/mol. The Labute approximate surface area is 127 Å². The normalized spacial score (nSPS) is 10.2. The van der Waals surface area contributed by atoms with Crippen molar-refractivity contribution in [2.75, 3.05) is 0 Å². The van der Waals surface area contributed by atoms with Gasteiger partial charge in [0.25, 0.3) is 5.69 Å². The van der Waals surface area contributed by atoms with Crippen LogP contribution in [0.4, 0.5) is 5.69 Å². The topological polar surface area (TPSA) is 95.3 Å². The van der Waals surface area contributed by atoms with Gasteiger partial charge in [-0.2, -0.15) is 0 Å². The summed E-state index contributed by atoms with van der Waals surface area (Å²) in [7, 11) is 0. The molecule has 0 radical (unpaired) electrons. The second-order valence-corrected chi connectivity index (χ2v) is 4.99. The molecule has 0 aliphatic heterocycles. The molecule has 22 heavy (non-hydrogen) atoms. The van der Waals surface area contributed by atoms with E-state index in [4.69, 9.17) is 0 Å². The number of carbonyl (C=O) groups is 1. The van der Waals surface area contributed by atoms with Crippen LogP contribution in [0, 0.1) is 17.0 Å². The molecule has 0 bridgehead atoms. The van der Waals surface area contributed by atoms with E-state index >= 15 is 0 Å². The lowest BCUT2D eigenvalue weighted by atomic mass is 10.1. The van der Waals surface area contributed by atoms with Crippen LogP contribution in [0.1, 0.15) is 16.7 Å². The molecule has 0 atom stereocenters. The number of rotatable bonds is 5. The summed E-state index contributed by atoms with van der Waals surface area (Å²) in [5.74, 6) is -0.573. The number of non-ortho nitro benzene ring substituents is 1. The minimum absolute atomic E-state index is 0.0226. The molecule has 0 aromatic heterocycles. The monoisotopic (exact) mass is 299 g/mol. The first kappa shape index (κ1) is 15.5. The Kier molecular flexibility index (Phi) is 4.73. The largest absolute Gasteiger partial charge is 0.872 e. The van der Waals surface area contributed by atoms with E-state index in [9.17, 15) is 20.0 Å². The highest BCUT2D eigenvalue weighted by atomic mass is 16.6. The molecule has 2 aromatic carbocycles. The molecule has 1 amide bonds. The van der Waals surface area contributed by atoms with E-state index in [0.29, 0.717) is 0 Å². The fourth-order valence-electron chi connectivity index (χ4n) is 1.97. The van der Waals surface area contributed by atoms with Gasteiger partial charge in [-0.15, -0.1) is 5.75 Å². The van der Waals surface area contributed by atoms with Gasteiger partial charge in [-0.3, -0.25) is 14.9 Å². The van der Waals surface area contributed by atoms with Crippen molar-refractivity contribution in [1.82, 2.24) is 5.32 Å². The van der Waals surface area contributed by atoms with E-state index < -0.39 is 4.92 Å². The number of nitrogens with zero attached hydrogens (tertiary/aromatic N) is 1. The Morgan fingerprint density at radius 3 is 2.50 bits per heavy atom. The van der Waals surface area contributed by atoms with Gasteiger partial charge in [0.2, 0.25) is 5.91 Å². The minimum atomic E-state index is -0.572. The first-order valence-corrected chi connectivity index (χ1v) is 6.72. The molecule has 0 aliphatic carbocycles. The van der Waals surface area contributed by atoms with Crippen molar-refractivity contribution >= 4 is 11.6 Å². The van der Waals surface area contributed by atoms with Gasteiger partial charge < -0.3 is 10.4 Å². The van der Waals surface area contributed by atoms with Gasteiger partial charge in [0.1, 0.15) is 0 Å². The highest BCUT2D eigenvalue weighted by molar-refractivity contribution is 5.78. The number of aryl methyl sites for hydroxylation is 1. The molecule has 0 unspecified atom stereocenters. The standard InChI is InChI=1S/C16H16N2O4/c1-11-2-4-12(5-3-11)8-16(20)17-10-13-9-14(18(21)22)6-7-15(13)19/h2-7,9,19H,8,10H2,1H3,(H,17,20)/p-1. The number of benzene rings is 2. The zero-order chi connectivity index (χ0) is 16.1. The van der Waals surface area contributed by atoms with Crippen molar-refractivity contribution in [3.63, 3.8) is 0 Å². The van der Waals surface area contributed by atoms with Crippen molar-refractivity contribution in [3.8, 4) is 5.75 Å². The number of nitro groups is 1. The van der Waals surface area contributed by atoms with Crippen LogP contribution in [-0.4, -0.2) is 10.8 Å². The molecular formula is C16H15N2O4-. The molecule has 2 aromatic rings. The number of nitrogens with one attached hydrogen (secondary N) is 1. The van der Waals surface area contributed by atoms with Gasteiger partial charge >= 0.3 is 0 Å². The molecule has 0 saturated heterocycles. The van der Waals surface area contributed by atoms with E-state index in [1.165, 1.54) is 6.07 Å². The van der Waals surface area contributed by atoms with E-state index in [1.807, 2.05) is 31.2 Å². The second-order valence-electron chi connectivity index (χ2n) is 4.99.